The van der Waals surface area contributed by atoms with Crippen LogP contribution in [0.1, 0.15) is 75.7 Å². The number of hydrogen-bond donors (Lipinski definition) is 2. The summed E-state index contributed by atoms with van der Waals surface area (Å²) in [5, 5.41) is 18.1. The summed E-state index contributed by atoms with van der Waals surface area (Å²) < 4.78 is 0. The third-order valence-corrected chi connectivity index (χ3v) is 9.03. The average molecular weight is 329 g/mol. The molecule has 7 atom stereocenters. The van der Waals surface area contributed by atoms with E-state index >= 15 is 0 Å². The van der Waals surface area contributed by atoms with Gasteiger partial charge in [0.25, 0.3) is 0 Å². The molecule has 2 N–H and O–H groups in total. The van der Waals surface area contributed by atoms with E-state index in [0.717, 1.165) is 36.5 Å². The number of aromatic nitrogens is 2. The largest absolute Gasteiger partial charge is 0.393 e. The Morgan fingerprint density at radius 1 is 1.08 bits per heavy atom. The zero-order valence-electron chi connectivity index (χ0n) is 15.4. The zero-order valence-corrected chi connectivity index (χ0v) is 15.4. The zero-order chi connectivity index (χ0) is 16.7. The Kier molecular flexibility index (Phi) is 3.13. The summed E-state index contributed by atoms with van der Waals surface area (Å²) in [6, 6.07) is 0. The van der Waals surface area contributed by atoms with E-state index in [2.05, 4.69) is 31.0 Å². The van der Waals surface area contributed by atoms with E-state index in [0.29, 0.717) is 10.8 Å². The molecule has 0 aromatic carbocycles. The van der Waals surface area contributed by atoms with Crippen LogP contribution in [0.5, 0.6) is 0 Å². The molecule has 1 aromatic heterocycles. The molecule has 3 saturated carbocycles. The molecule has 0 amide bonds. The van der Waals surface area contributed by atoms with Gasteiger partial charge in [-0.2, -0.15) is 5.10 Å². The number of aryl methyl sites for hydroxylation is 1. The number of nitrogens with one attached hydrogen (secondary N) is 1. The van der Waals surface area contributed by atoms with Crippen LogP contribution >= 0.6 is 0 Å². The van der Waals surface area contributed by atoms with E-state index < -0.39 is 0 Å². The number of aliphatic hydroxyl groups is 1. The first-order valence-corrected chi connectivity index (χ1v) is 10.2. The predicted octanol–water partition coefficient (Wildman–Crippen LogP) is 4.14. The summed E-state index contributed by atoms with van der Waals surface area (Å²) in [4.78, 5) is 0. The van der Waals surface area contributed by atoms with Crippen molar-refractivity contribution in [2.75, 3.05) is 0 Å². The highest BCUT2D eigenvalue weighted by molar-refractivity contribution is 5.40. The molecular weight excluding hydrogens is 296 g/mol. The molecule has 5 rings (SSSR count). The lowest BCUT2D eigenvalue weighted by Gasteiger charge is -2.60. The Labute approximate surface area is 145 Å². The number of hydrogen-bond acceptors (Lipinski definition) is 2. The van der Waals surface area contributed by atoms with E-state index in [4.69, 9.17) is 0 Å². The highest BCUT2D eigenvalue weighted by Gasteiger charge is 2.59. The highest BCUT2D eigenvalue weighted by Crippen LogP contribution is 2.65. The Bertz CT molecular complexity index is 667. The molecule has 0 radical (unpaired) electrons. The van der Waals surface area contributed by atoms with Gasteiger partial charge in [0.1, 0.15) is 0 Å². The van der Waals surface area contributed by atoms with Crippen molar-refractivity contribution in [2.24, 2.45) is 29.1 Å². The number of nitrogens with zero attached hydrogens (tertiary/aromatic N) is 1. The molecule has 0 aliphatic heterocycles. The monoisotopic (exact) mass is 328 g/mol. The molecule has 0 spiro atoms. The molecule has 0 unspecified atom stereocenters. The second-order valence-electron chi connectivity index (χ2n) is 9.92. The summed E-state index contributed by atoms with van der Waals surface area (Å²) in [6.07, 6.45) is 9.92. The standard InChI is InChI=1S/C21H32N2O/c1-12-19-18(23-22-12)11-17-15-5-4-13-10-14(24)6-8-20(13,2)16(15)7-9-21(17,19)3/h13-17,24H,4-11H2,1-3H3,(H,22,23)/t13-,14+,15-,16-,17+,20-,21-/m0/s1. The van der Waals surface area contributed by atoms with Crippen LogP contribution in [0, 0.1) is 36.0 Å². The molecule has 1 aromatic rings. The summed E-state index contributed by atoms with van der Waals surface area (Å²) in [6.45, 7) is 7.32. The van der Waals surface area contributed by atoms with Gasteiger partial charge in [-0.3, -0.25) is 5.10 Å². The minimum absolute atomic E-state index is 0.0347. The Balaban J connectivity index is 1.50. The Morgan fingerprint density at radius 3 is 2.75 bits per heavy atom. The van der Waals surface area contributed by atoms with Crippen molar-refractivity contribution in [3.05, 3.63) is 17.0 Å². The smallest absolute Gasteiger partial charge is 0.0665 e. The average Bonchev–Trinajstić information content (AvgIpc) is 3.06. The van der Waals surface area contributed by atoms with Crippen molar-refractivity contribution >= 4 is 0 Å². The molecule has 24 heavy (non-hydrogen) atoms. The van der Waals surface area contributed by atoms with Crippen molar-refractivity contribution < 1.29 is 5.11 Å². The normalized spacial score (nSPS) is 49.9. The third kappa shape index (κ3) is 1.80. The lowest BCUT2D eigenvalue weighted by Crippen LogP contribution is -2.54. The first kappa shape index (κ1) is 15.4. The number of fused-ring (bicyclic) bond motifs is 7. The van der Waals surface area contributed by atoms with Crippen LogP contribution in [0.4, 0.5) is 0 Å². The maximum absolute atomic E-state index is 10.2. The first-order chi connectivity index (χ1) is 11.4. The lowest BCUT2D eigenvalue weighted by molar-refractivity contribution is -0.111. The summed E-state index contributed by atoms with van der Waals surface area (Å²) in [5.41, 5.74) is 5.08. The molecule has 0 bridgehead atoms. The molecule has 0 saturated heterocycles. The number of rotatable bonds is 0. The molecular formula is C21H32N2O. The van der Waals surface area contributed by atoms with E-state index in [1.165, 1.54) is 49.9 Å². The highest BCUT2D eigenvalue weighted by atomic mass is 16.3. The summed E-state index contributed by atoms with van der Waals surface area (Å²) >= 11 is 0. The van der Waals surface area contributed by atoms with Gasteiger partial charge in [-0.25, -0.2) is 0 Å². The van der Waals surface area contributed by atoms with Crippen LogP contribution < -0.4 is 0 Å². The number of aromatic amines is 1. The van der Waals surface area contributed by atoms with Crippen LogP contribution in [0.3, 0.4) is 0 Å². The predicted molar refractivity (Wildman–Crippen MR) is 94.8 cm³/mol. The second-order valence-corrected chi connectivity index (χ2v) is 9.92. The van der Waals surface area contributed by atoms with Crippen LogP contribution in [0.2, 0.25) is 0 Å². The fourth-order valence-corrected chi connectivity index (χ4v) is 7.84. The van der Waals surface area contributed by atoms with Gasteiger partial charge >= 0.3 is 0 Å². The quantitative estimate of drug-likeness (QED) is 0.752. The van der Waals surface area contributed by atoms with Crippen LogP contribution in [0.15, 0.2) is 0 Å². The van der Waals surface area contributed by atoms with E-state index in [1.54, 1.807) is 5.56 Å². The Morgan fingerprint density at radius 2 is 1.92 bits per heavy atom. The van der Waals surface area contributed by atoms with Gasteiger partial charge in [-0.05, 0) is 92.8 Å². The maximum Gasteiger partial charge on any atom is 0.0665 e. The topological polar surface area (TPSA) is 48.9 Å². The van der Waals surface area contributed by atoms with Gasteiger partial charge < -0.3 is 5.11 Å². The molecule has 4 aliphatic rings. The Hall–Kier alpha value is -0.830. The molecule has 3 nitrogen and oxygen atoms in total. The van der Waals surface area contributed by atoms with Crippen LogP contribution in [0.25, 0.3) is 0 Å². The lowest BCUT2D eigenvalue weighted by atomic mass is 9.45. The summed E-state index contributed by atoms with van der Waals surface area (Å²) in [7, 11) is 0. The van der Waals surface area contributed by atoms with Gasteiger partial charge in [-0.15, -0.1) is 0 Å². The molecule has 1 heterocycles. The fourth-order valence-electron chi connectivity index (χ4n) is 7.84. The van der Waals surface area contributed by atoms with Crippen molar-refractivity contribution in [1.82, 2.24) is 10.2 Å². The number of H-pyrrole nitrogens is 1. The van der Waals surface area contributed by atoms with Crippen molar-refractivity contribution in [2.45, 2.75) is 83.7 Å². The SMILES string of the molecule is Cc1[nH]nc2c1[C@@]1(C)CC[C@H]3[C@H](CC[C@H]4C[C@H](O)CC[C@@]43C)[C@H]1C2. The maximum atomic E-state index is 10.2. The van der Waals surface area contributed by atoms with Crippen LogP contribution in [-0.2, 0) is 11.8 Å². The molecule has 132 valence electrons. The second kappa shape index (κ2) is 4.87. The van der Waals surface area contributed by atoms with Crippen molar-refractivity contribution in [3.8, 4) is 0 Å². The van der Waals surface area contributed by atoms with Crippen molar-refractivity contribution in [1.29, 1.82) is 0 Å². The van der Waals surface area contributed by atoms with Gasteiger partial charge in [0.2, 0.25) is 0 Å². The van der Waals surface area contributed by atoms with Gasteiger partial charge in [-0.1, -0.05) is 13.8 Å². The minimum Gasteiger partial charge on any atom is -0.393 e. The molecule has 3 heteroatoms. The fraction of sp³-hybridized carbons (Fsp3) is 0.857. The van der Waals surface area contributed by atoms with E-state index in [1.807, 2.05) is 0 Å². The molecule has 4 aliphatic carbocycles. The molecule has 3 fully saturated rings. The van der Waals surface area contributed by atoms with Gasteiger partial charge in [0.05, 0.1) is 11.8 Å². The summed E-state index contributed by atoms with van der Waals surface area (Å²) in [5.74, 6) is 3.29. The third-order valence-electron chi connectivity index (χ3n) is 9.03. The van der Waals surface area contributed by atoms with E-state index in [9.17, 15) is 5.11 Å². The van der Waals surface area contributed by atoms with E-state index in [-0.39, 0.29) is 6.10 Å². The van der Waals surface area contributed by atoms with Gasteiger partial charge in [0, 0.05) is 11.3 Å². The first-order valence-electron chi connectivity index (χ1n) is 10.2. The minimum atomic E-state index is -0.0347. The van der Waals surface area contributed by atoms with Crippen molar-refractivity contribution in [3.63, 3.8) is 0 Å². The number of aliphatic hydroxyl groups excluding tert-OH is 1. The van der Waals surface area contributed by atoms with Gasteiger partial charge in [0.15, 0.2) is 0 Å². The van der Waals surface area contributed by atoms with Crippen LogP contribution in [-0.4, -0.2) is 21.4 Å².